The van der Waals surface area contributed by atoms with Crippen molar-refractivity contribution < 1.29 is 9.59 Å². The molecular weight excluding hydrogens is 404 g/mol. The van der Waals surface area contributed by atoms with Gasteiger partial charge in [-0.25, -0.2) is 0 Å². The van der Waals surface area contributed by atoms with Crippen LogP contribution in [0.3, 0.4) is 0 Å². The van der Waals surface area contributed by atoms with Gasteiger partial charge in [0.05, 0.1) is 5.75 Å². The fourth-order valence-corrected chi connectivity index (χ4v) is 4.33. The molecule has 2 atom stereocenters. The summed E-state index contributed by atoms with van der Waals surface area (Å²) < 4.78 is 0. The highest BCUT2D eigenvalue weighted by Crippen LogP contribution is 2.19. The Morgan fingerprint density at radius 2 is 1.77 bits per heavy atom. The van der Waals surface area contributed by atoms with Gasteiger partial charge < -0.3 is 10.2 Å². The minimum absolute atomic E-state index is 0.00653. The second-order valence-corrected chi connectivity index (χ2v) is 9.16. The summed E-state index contributed by atoms with van der Waals surface area (Å²) in [5.74, 6) is 1.07. The number of aryl methyl sites for hydroxylation is 2. The molecule has 0 radical (unpaired) electrons. The molecule has 0 unspecified atom stereocenters. The van der Waals surface area contributed by atoms with E-state index in [1.54, 1.807) is 16.7 Å². The molecule has 0 fully saturated rings. The lowest BCUT2D eigenvalue weighted by atomic mass is 10.1. The van der Waals surface area contributed by atoms with E-state index in [-0.39, 0.29) is 17.9 Å². The zero-order valence-corrected chi connectivity index (χ0v) is 20.3. The molecule has 5 heteroatoms. The molecule has 2 amide bonds. The molecule has 2 aromatic carbocycles. The number of hydrogen-bond acceptors (Lipinski definition) is 3. The van der Waals surface area contributed by atoms with Crippen molar-refractivity contribution in [1.82, 2.24) is 10.2 Å². The Kier molecular flexibility index (Phi) is 10.1. The topological polar surface area (TPSA) is 49.4 Å². The van der Waals surface area contributed by atoms with Crippen molar-refractivity contribution in [1.29, 1.82) is 0 Å². The zero-order chi connectivity index (χ0) is 22.8. The summed E-state index contributed by atoms with van der Waals surface area (Å²) in [7, 11) is 0. The first-order valence-corrected chi connectivity index (χ1v) is 12.3. The zero-order valence-electron chi connectivity index (χ0n) is 19.5. The number of nitrogens with zero attached hydrogens (tertiary/aromatic N) is 1. The van der Waals surface area contributed by atoms with Crippen LogP contribution in [0.2, 0.25) is 0 Å². The minimum atomic E-state index is -0.472. The quantitative estimate of drug-likeness (QED) is 0.519. The fourth-order valence-electron chi connectivity index (χ4n) is 3.47. The van der Waals surface area contributed by atoms with Crippen molar-refractivity contribution in [2.24, 2.45) is 0 Å². The fraction of sp³-hybridized carbons (Fsp3) is 0.462. The first kappa shape index (κ1) is 25.0. The summed E-state index contributed by atoms with van der Waals surface area (Å²) in [5, 5.41) is 3.06. The largest absolute Gasteiger partial charge is 0.352 e. The molecule has 0 saturated heterocycles. The SMILES string of the molecule is CC[C@@H](C)NC(=O)[C@@H](CC)N(Cc1ccccc1C)C(=O)CSCc1cccc(C)c1. The van der Waals surface area contributed by atoms with Crippen LogP contribution in [0.1, 0.15) is 55.9 Å². The molecule has 0 aliphatic heterocycles. The molecule has 168 valence electrons. The molecule has 31 heavy (non-hydrogen) atoms. The lowest BCUT2D eigenvalue weighted by Crippen LogP contribution is -2.51. The van der Waals surface area contributed by atoms with Crippen LogP contribution in [0.4, 0.5) is 0 Å². The van der Waals surface area contributed by atoms with E-state index in [1.807, 2.05) is 58.0 Å². The maximum atomic E-state index is 13.3. The first-order valence-electron chi connectivity index (χ1n) is 11.1. The Bertz CT molecular complexity index is 868. The monoisotopic (exact) mass is 440 g/mol. The molecule has 0 heterocycles. The van der Waals surface area contributed by atoms with Crippen molar-refractivity contribution in [3.05, 3.63) is 70.8 Å². The van der Waals surface area contributed by atoms with Crippen LogP contribution in [0, 0.1) is 13.8 Å². The third-order valence-corrected chi connectivity index (χ3v) is 6.55. The Balaban J connectivity index is 2.15. The van der Waals surface area contributed by atoms with Crippen LogP contribution in [0.15, 0.2) is 48.5 Å². The van der Waals surface area contributed by atoms with Crippen molar-refractivity contribution in [3.8, 4) is 0 Å². The number of rotatable bonds is 11. The second kappa shape index (κ2) is 12.6. The summed E-state index contributed by atoms with van der Waals surface area (Å²) in [6, 6.07) is 16.0. The van der Waals surface area contributed by atoms with E-state index in [4.69, 9.17) is 0 Å². The average Bonchev–Trinajstić information content (AvgIpc) is 2.74. The highest BCUT2D eigenvalue weighted by Gasteiger charge is 2.29. The van der Waals surface area contributed by atoms with Crippen LogP contribution in [0.25, 0.3) is 0 Å². The van der Waals surface area contributed by atoms with Crippen molar-refractivity contribution in [3.63, 3.8) is 0 Å². The molecule has 0 aromatic heterocycles. The summed E-state index contributed by atoms with van der Waals surface area (Å²) in [4.78, 5) is 28.1. The number of benzene rings is 2. The predicted molar refractivity (Wildman–Crippen MR) is 131 cm³/mol. The van der Waals surface area contributed by atoms with Crippen molar-refractivity contribution >= 4 is 23.6 Å². The normalized spacial score (nSPS) is 12.8. The maximum Gasteiger partial charge on any atom is 0.243 e. The Morgan fingerprint density at radius 1 is 1.03 bits per heavy atom. The highest BCUT2D eigenvalue weighted by atomic mass is 32.2. The maximum absolute atomic E-state index is 13.3. The van der Waals surface area contributed by atoms with Gasteiger partial charge >= 0.3 is 0 Å². The number of hydrogen-bond donors (Lipinski definition) is 1. The van der Waals surface area contributed by atoms with Crippen LogP contribution < -0.4 is 5.32 Å². The van der Waals surface area contributed by atoms with Crippen LogP contribution in [-0.2, 0) is 21.9 Å². The lowest BCUT2D eigenvalue weighted by Gasteiger charge is -2.32. The molecule has 0 saturated carbocycles. The molecule has 1 N–H and O–H groups in total. The van der Waals surface area contributed by atoms with Gasteiger partial charge in [-0.3, -0.25) is 9.59 Å². The van der Waals surface area contributed by atoms with Gasteiger partial charge in [0.15, 0.2) is 0 Å². The molecule has 0 bridgehead atoms. The lowest BCUT2D eigenvalue weighted by molar-refractivity contribution is -0.139. The predicted octanol–water partition coefficient (Wildman–Crippen LogP) is 5.26. The van der Waals surface area contributed by atoms with Gasteiger partial charge in [0.2, 0.25) is 11.8 Å². The standard InChI is InChI=1S/C26H36N2O2S/c1-6-21(5)27-26(30)24(7-2)28(16-23-14-9-8-12-20(23)4)25(29)18-31-17-22-13-10-11-19(3)15-22/h8-15,21,24H,6-7,16-18H2,1-5H3,(H,27,30)/t21-,24-/m1/s1. The van der Waals surface area contributed by atoms with E-state index in [1.165, 1.54) is 11.1 Å². The molecule has 2 aromatic rings. The Labute approximate surface area is 191 Å². The smallest absolute Gasteiger partial charge is 0.243 e. The molecule has 0 aliphatic carbocycles. The van der Waals surface area contributed by atoms with Gasteiger partial charge in [0.25, 0.3) is 0 Å². The second-order valence-electron chi connectivity index (χ2n) is 8.17. The first-order chi connectivity index (χ1) is 14.8. The number of carbonyl (C=O) groups is 2. The van der Waals surface area contributed by atoms with E-state index in [9.17, 15) is 9.59 Å². The van der Waals surface area contributed by atoms with E-state index < -0.39 is 6.04 Å². The molecular formula is C26H36N2O2S. The summed E-state index contributed by atoms with van der Waals surface area (Å²) in [5.41, 5.74) is 4.64. The third kappa shape index (κ3) is 7.73. The molecule has 0 aliphatic rings. The van der Waals surface area contributed by atoms with E-state index >= 15 is 0 Å². The van der Waals surface area contributed by atoms with Gasteiger partial charge in [0.1, 0.15) is 6.04 Å². The van der Waals surface area contributed by atoms with E-state index in [0.717, 1.165) is 23.3 Å². The molecule has 2 rings (SSSR count). The summed E-state index contributed by atoms with van der Waals surface area (Å²) in [6.07, 6.45) is 1.45. The van der Waals surface area contributed by atoms with Gasteiger partial charge in [-0.2, -0.15) is 0 Å². The van der Waals surface area contributed by atoms with Crippen LogP contribution in [-0.4, -0.2) is 34.6 Å². The Morgan fingerprint density at radius 3 is 2.42 bits per heavy atom. The summed E-state index contributed by atoms with van der Waals surface area (Å²) in [6.45, 7) is 10.6. The van der Waals surface area contributed by atoms with E-state index in [2.05, 4.69) is 30.4 Å². The van der Waals surface area contributed by atoms with Gasteiger partial charge in [-0.15, -0.1) is 11.8 Å². The Hall–Kier alpha value is -2.27. The number of thioether (sulfide) groups is 1. The van der Waals surface area contributed by atoms with Crippen molar-refractivity contribution in [2.45, 2.75) is 71.8 Å². The van der Waals surface area contributed by atoms with Gasteiger partial charge in [-0.05, 0) is 50.3 Å². The van der Waals surface area contributed by atoms with Gasteiger partial charge in [0, 0.05) is 18.3 Å². The minimum Gasteiger partial charge on any atom is -0.352 e. The molecule has 4 nitrogen and oxygen atoms in total. The third-order valence-electron chi connectivity index (χ3n) is 5.57. The highest BCUT2D eigenvalue weighted by molar-refractivity contribution is 7.99. The van der Waals surface area contributed by atoms with Crippen LogP contribution in [0.5, 0.6) is 0 Å². The van der Waals surface area contributed by atoms with Crippen LogP contribution >= 0.6 is 11.8 Å². The average molecular weight is 441 g/mol. The van der Waals surface area contributed by atoms with E-state index in [0.29, 0.717) is 18.7 Å². The molecule has 0 spiro atoms. The number of carbonyl (C=O) groups excluding carboxylic acids is 2. The van der Waals surface area contributed by atoms with Crippen molar-refractivity contribution in [2.75, 3.05) is 5.75 Å². The van der Waals surface area contributed by atoms with Gasteiger partial charge in [-0.1, -0.05) is 67.9 Å². The number of amides is 2. The number of nitrogens with one attached hydrogen (secondary N) is 1. The summed E-state index contributed by atoms with van der Waals surface area (Å²) >= 11 is 1.60.